The van der Waals surface area contributed by atoms with Crippen molar-refractivity contribution in [3.05, 3.63) is 29.7 Å². The number of hydrogen-bond acceptors (Lipinski definition) is 7. The molecule has 2 aliphatic rings. The molecule has 1 amide bonds. The van der Waals surface area contributed by atoms with E-state index in [1.807, 2.05) is 38.7 Å². The van der Waals surface area contributed by atoms with Gasteiger partial charge in [0.05, 0.1) is 23.1 Å². The van der Waals surface area contributed by atoms with E-state index in [9.17, 15) is 4.79 Å². The lowest BCUT2D eigenvalue weighted by Gasteiger charge is -2.30. The first-order valence-electron chi connectivity index (χ1n) is 12.0. The van der Waals surface area contributed by atoms with Crippen molar-refractivity contribution in [2.45, 2.75) is 83.8 Å². The number of rotatable bonds is 3. The van der Waals surface area contributed by atoms with Crippen molar-refractivity contribution in [2.24, 2.45) is 7.05 Å². The Morgan fingerprint density at radius 3 is 2.47 bits per heavy atom. The van der Waals surface area contributed by atoms with Crippen molar-refractivity contribution < 1.29 is 14.3 Å². The van der Waals surface area contributed by atoms with Crippen molar-refractivity contribution in [2.75, 3.05) is 6.54 Å². The van der Waals surface area contributed by atoms with Crippen molar-refractivity contribution in [3.8, 4) is 11.4 Å². The fourth-order valence-corrected chi connectivity index (χ4v) is 4.55. The highest BCUT2D eigenvalue weighted by Crippen LogP contribution is 2.44. The van der Waals surface area contributed by atoms with Gasteiger partial charge < -0.3 is 14.4 Å². The van der Waals surface area contributed by atoms with E-state index in [1.165, 1.54) is 4.80 Å². The highest BCUT2D eigenvalue weighted by Gasteiger charge is 2.50. The van der Waals surface area contributed by atoms with E-state index in [-0.39, 0.29) is 11.9 Å². The van der Waals surface area contributed by atoms with Gasteiger partial charge in [0.15, 0.2) is 5.65 Å². The smallest absolute Gasteiger partial charge is 0.272 e. The van der Waals surface area contributed by atoms with Gasteiger partial charge in [-0.15, -0.1) is 0 Å². The lowest BCUT2D eigenvalue weighted by atomic mass is 9.90. The predicted octanol–water partition coefficient (Wildman–Crippen LogP) is 3.53. The van der Waals surface area contributed by atoms with Crippen LogP contribution >= 0.6 is 0 Å². The second-order valence-electron chi connectivity index (χ2n) is 10.4. The second-order valence-corrected chi connectivity index (χ2v) is 10.4. The van der Waals surface area contributed by atoms with Gasteiger partial charge in [0.2, 0.25) is 6.29 Å². The predicted molar refractivity (Wildman–Crippen MR) is 125 cm³/mol. The Labute approximate surface area is 199 Å². The quantitative estimate of drug-likeness (QED) is 0.581. The van der Waals surface area contributed by atoms with Gasteiger partial charge in [0.25, 0.3) is 5.91 Å². The van der Waals surface area contributed by atoms with Crippen LogP contribution in [0.15, 0.2) is 18.3 Å². The second kappa shape index (κ2) is 8.13. The largest absolute Gasteiger partial charge is 0.338 e. The molecule has 34 heavy (non-hydrogen) atoms. The number of hydrogen-bond donors (Lipinski definition) is 0. The molecule has 0 aliphatic carbocycles. The normalized spacial score (nSPS) is 22.9. The molecule has 2 aliphatic heterocycles. The van der Waals surface area contributed by atoms with Crippen LogP contribution in [-0.2, 0) is 16.5 Å². The monoisotopic (exact) mass is 467 g/mol. The number of aryl methyl sites for hydroxylation is 1. The Bertz CT molecular complexity index is 1210. The summed E-state index contributed by atoms with van der Waals surface area (Å²) in [5.41, 5.74) is 1.80. The van der Waals surface area contributed by atoms with E-state index in [0.717, 1.165) is 32.2 Å². The third-order valence-corrected chi connectivity index (χ3v) is 7.34. The summed E-state index contributed by atoms with van der Waals surface area (Å²) < 4.78 is 14.1. The van der Waals surface area contributed by atoms with Crippen LogP contribution in [0, 0.1) is 0 Å². The zero-order valence-corrected chi connectivity index (χ0v) is 20.8. The molecule has 0 unspecified atom stereocenters. The van der Waals surface area contributed by atoms with Gasteiger partial charge in [-0.1, -0.05) is 12.8 Å². The first kappa shape index (κ1) is 22.9. The van der Waals surface area contributed by atoms with Gasteiger partial charge in [-0.25, -0.2) is 9.50 Å². The molecule has 1 atom stereocenters. The number of likely N-dealkylation sites (tertiary alicyclic amines) is 1. The number of ether oxygens (including phenoxy) is 2. The molecule has 0 radical (unpaired) electrons. The fraction of sp³-hybridized carbons (Fsp3) is 0.625. The minimum atomic E-state index is -0.633. The molecule has 0 saturated carbocycles. The molecule has 2 saturated heterocycles. The first-order chi connectivity index (χ1) is 16.1. The lowest BCUT2D eigenvalue weighted by Crippen LogP contribution is -2.41. The Morgan fingerprint density at radius 1 is 1.06 bits per heavy atom. The zero-order chi connectivity index (χ0) is 24.3. The van der Waals surface area contributed by atoms with Crippen molar-refractivity contribution in [1.82, 2.24) is 34.5 Å². The summed E-state index contributed by atoms with van der Waals surface area (Å²) in [7, 11) is 1.76. The van der Waals surface area contributed by atoms with E-state index >= 15 is 0 Å². The van der Waals surface area contributed by atoms with E-state index in [2.05, 4.69) is 17.1 Å². The maximum Gasteiger partial charge on any atom is 0.272 e. The van der Waals surface area contributed by atoms with Crippen molar-refractivity contribution in [1.29, 1.82) is 0 Å². The van der Waals surface area contributed by atoms with Gasteiger partial charge >= 0.3 is 0 Å². The van der Waals surface area contributed by atoms with Crippen LogP contribution in [-0.4, -0.2) is 64.2 Å². The van der Waals surface area contributed by atoms with Gasteiger partial charge in [-0.2, -0.15) is 20.1 Å². The Hall–Kier alpha value is -2.85. The van der Waals surface area contributed by atoms with Crippen LogP contribution in [0.3, 0.4) is 0 Å². The summed E-state index contributed by atoms with van der Waals surface area (Å²) in [5, 5.41) is 13.4. The molecular weight excluding hydrogens is 434 g/mol. The lowest BCUT2D eigenvalue weighted by molar-refractivity contribution is -0.0924. The SMILES string of the molecule is C[C@@H]1CCCCCN1C(=O)c1cc(-c2cnn(C)n2)n2nc(C3OC(C)(C)C(C)(C)O3)cc2n1. The van der Waals surface area contributed by atoms with Crippen LogP contribution in [0.1, 0.15) is 82.8 Å². The topological polar surface area (TPSA) is 99.7 Å². The van der Waals surface area contributed by atoms with Crippen molar-refractivity contribution in [3.63, 3.8) is 0 Å². The summed E-state index contributed by atoms with van der Waals surface area (Å²) in [6, 6.07) is 3.76. The molecular formula is C24H33N7O3. The number of nitrogens with zero attached hydrogens (tertiary/aromatic N) is 7. The molecule has 10 heteroatoms. The summed E-state index contributed by atoms with van der Waals surface area (Å²) in [4.78, 5) is 21.7. The maximum atomic E-state index is 13.6. The number of amides is 1. The van der Waals surface area contributed by atoms with Crippen LogP contribution in [0.4, 0.5) is 0 Å². The fourth-order valence-electron chi connectivity index (χ4n) is 4.55. The van der Waals surface area contributed by atoms with E-state index in [1.54, 1.807) is 23.8 Å². The number of carbonyl (C=O) groups excluding carboxylic acids is 1. The molecule has 0 bridgehead atoms. The van der Waals surface area contributed by atoms with E-state index < -0.39 is 17.5 Å². The molecule has 0 N–H and O–H groups in total. The Morgan fingerprint density at radius 2 is 1.79 bits per heavy atom. The number of aromatic nitrogens is 6. The summed E-state index contributed by atoms with van der Waals surface area (Å²) >= 11 is 0. The average Bonchev–Trinajstić information content (AvgIpc) is 3.40. The van der Waals surface area contributed by atoms with Gasteiger partial charge in [0.1, 0.15) is 17.1 Å². The summed E-state index contributed by atoms with van der Waals surface area (Å²) in [6.45, 7) is 10.9. The zero-order valence-electron chi connectivity index (χ0n) is 20.8. The molecule has 182 valence electrons. The van der Waals surface area contributed by atoms with Crippen LogP contribution in [0.5, 0.6) is 0 Å². The third kappa shape index (κ3) is 3.88. The van der Waals surface area contributed by atoms with E-state index in [4.69, 9.17) is 19.6 Å². The summed E-state index contributed by atoms with van der Waals surface area (Å²) in [5.74, 6) is -0.0691. The minimum Gasteiger partial charge on any atom is -0.338 e. The van der Waals surface area contributed by atoms with Crippen LogP contribution in [0.2, 0.25) is 0 Å². The first-order valence-corrected chi connectivity index (χ1v) is 12.0. The average molecular weight is 468 g/mol. The number of carbonyl (C=O) groups is 1. The molecule has 0 spiro atoms. The standard InChI is InChI=1S/C24H33N7O3/c1-15-10-8-7-9-11-30(15)21(32)16-12-19(18-14-25-29(6)27-18)31-20(26-16)13-17(28-31)22-33-23(2,3)24(4,5)34-22/h12-15,22H,7-11H2,1-6H3/t15-/m1/s1. The molecule has 5 rings (SSSR count). The molecule has 5 heterocycles. The number of fused-ring (bicyclic) bond motifs is 1. The minimum absolute atomic E-state index is 0.0691. The van der Waals surface area contributed by atoms with Crippen LogP contribution in [0.25, 0.3) is 17.0 Å². The van der Waals surface area contributed by atoms with Gasteiger partial charge in [0, 0.05) is 25.7 Å². The molecule has 10 nitrogen and oxygen atoms in total. The highest BCUT2D eigenvalue weighted by atomic mass is 16.7. The van der Waals surface area contributed by atoms with Gasteiger partial charge in [-0.05, 0) is 53.5 Å². The van der Waals surface area contributed by atoms with Crippen molar-refractivity contribution >= 4 is 11.6 Å². The summed E-state index contributed by atoms with van der Waals surface area (Å²) in [6.07, 6.45) is 5.32. The Kier molecular flexibility index (Phi) is 5.48. The molecule has 2 fully saturated rings. The van der Waals surface area contributed by atoms with Gasteiger partial charge in [-0.3, -0.25) is 4.79 Å². The third-order valence-electron chi connectivity index (χ3n) is 7.34. The highest BCUT2D eigenvalue weighted by molar-refractivity contribution is 5.94. The van der Waals surface area contributed by atoms with E-state index in [0.29, 0.717) is 28.4 Å². The molecule has 3 aromatic rings. The molecule has 3 aromatic heterocycles. The Balaban J connectivity index is 1.59. The van der Waals surface area contributed by atoms with Crippen LogP contribution < -0.4 is 0 Å². The maximum absolute atomic E-state index is 13.6. The molecule has 0 aromatic carbocycles.